The summed E-state index contributed by atoms with van der Waals surface area (Å²) in [5, 5.41) is 2.99. The number of halogens is 3. The normalized spacial score (nSPS) is 12.3. The van der Waals surface area contributed by atoms with E-state index >= 15 is 0 Å². The fourth-order valence-electron chi connectivity index (χ4n) is 2.34. The lowest BCUT2D eigenvalue weighted by Gasteiger charge is -2.20. The van der Waals surface area contributed by atoms with E-state index in [2.05, 4.69) is 5.32 Å². The van der Waals surface area contributed by atoms with Crippen LogP contribution in [0.4, 0.5) is 13.2 Å². The predicted octanol–water partition coefficient (Wildman–Crippen LogP) is 3.73. The number of hydrogen-bond acceptors (Lipinski definition) is 2. The van der Waals surface area contributed by atoms with Crippen LogP contribution >= 0.6 is 0 Å². The van der Waals surface area contributed by atoms with Crippen molar-refractivity contribution in [2.45, 2.75) is 13.0 Å². The van der Waals surface area contributed by atoms with Gasteiger partial charge in [-0.3, -0.25) is 0 Å². The lowest BCUT2D eigenvalue weighted by atomic mass is 9.94. The van der Waals surface area contributed by atoms with E-state index < -0.39 is 23.5 Å². The maximum absolute atomic E-state index is 13.4. The Morgan fingerprint density at radius 2 is 1.67 bits per heavy atom. The van der Waals surface area contributed by atoms with Crippen LogP contribution in [-0.4, -0.2) is 14.2 Å². The second kappa shape index (κ2) is 6.18. The molecule has 0 saturated heterocycles. The monoisotopic (exact) mass is 295 g/mol. The molecule has 0 saturated carbocycles. The zero-order valence-corrected chi connectivity index (χ0v) is 12.0. The van der Waals surface area contributed by atoms with E-state index in [1.165, 1.54) is 0 Å². The molecular weight excluding hydrogens is 279 g/mol. The van der Waals surface area contributed by atoms with Gasteiger partial charge in [0.05, 0.1) is 13.2 Å². The first-order valence-electron chi connectivity index (χ1n) is 6.44. The molecule has 2 rings (SSSR count). The van der Waals surface area contributed by atoms with Gasteiger partial charge in [-0.15, -0.1) is 0 Å². The van der Waals surface area contributed by atoms with Crippen LogP contribution in [0.5, 0.6) is 5.75 Å². The van der Waals surface area contributed by atoms with E-state index in [4.69, 9.17) is 4.74 Å². The minimum Gasteiger partial charge on any atom is -0.497 e. The summed E-state index contributed by atoms with van der Waals surface area (Å²) in [6.45, 7) is 1.87. The molecule has 0 spiro atoms. The number of rotatable bonds is 4. The van der Waals surface area contributed by atoms with E-state index in [1.807, 2.05) is 19.1 Å². The first-order chi connectivity index (χ1) is 9.97. The van der Waals surface area contributed by atoms with Gasteiger partial charge in [0, 0.05) is 0 Å². The molecule has 0 bridgehead atoms. The van der Waals surface area contributed by atoms with E-state index in [1.54, 1.807) is 20.2 Å². The smallest absolute Gasteiger partial charge is 0.194 e. The van der Waals surface area contributed by atoms with E-state index in [0.717, 1.165) is 23.3 Å². The molecule has 0 aromatic heterocycles. The molecule has 0 radical (unpaired) electrons. The van der Waals surface area contributed by atoms with Crippen LogP contribution in [-0.2, 0) is 0 Å². The van der Waals surface area contributed by atoms with Crippen LogP contribution < -0.4 is 10.1 Å². The molecule has 2 nitrogen and oxygen atoms in total. The lowest BCUT2D eigenvalue weighted by Crippen LogP contribution is -2.19. The highest BCUT2D eigenvalue weighted by Gasteiger charge is 2.19. The van der Waals surface area contributed by atoms with Crippen LogP contribution in [0.3, 0.4) is 0 Å². The standard InChI is InChI=1S/C16H16F3NO/c1-9-6-11(21-3)4-5-12(9)16(20-2)10-7-13(17)15(19)14(18)8-10/h4-8,16,20H,1-3H3. The Hall–Kier alpha value is -2.01. The molecule has 5 heteroatoms. The van der Waals surface area contributed by atoms with Gasteiger partial charge >= 0.3 is 0 Å². The summed E-state index contributed by atoms with van der Waals surface area (Å²) in [6.07, 6.45) is 0. The predicted molar refractivity (Wildman–Crippen MR) is 74.9 cm³/mol. The van der Waals surface area contributed by atoms with Crippen LogP contribution in [0, 0.1) is 24.4 Å². The molecule has 0 aliphatic rings. The molecule has 0 aliphatic carbocycles. The van der Waals surface area contributed by atoms with Gasteiger partial charge in [-0.05, 0) is 54.9 Å². The summed E-state index contributed by atoms with van der Waals surface area (Å²) in [7, 11) is 3.24. The van der Waals surface area contributed by atoms with Crippen molar-refractivity contribution in [3.05, 3.63) is 64.5 Å². The van der Waals surface area contributed by atoms with Crippen LogP contribution in [0.2, 0.25) is 0 Å². The van der Waals surface area contributed by atoms with Crippen molar-refractivity contribution in [1.29, 1.82) is 0 Å². The second-order valence-electron chi connectivity index (χ2n) is 4.74. The third-order valence-electron chi connectivity index (χ3n) is 3.42. The summed E-state index contributed by atoms with van der Waals surface area (Å²) in [5.41, 5.74) is 2.06. The van der Waals surface area contributed by atoms with Gasteiger partial charge in [0.1, 0.15) is 5.75 Å². The Labute approximate surface area is 121 Å². The minimum absolute atomic E-state index is 0.321. The molecule has 2 aromatic rings. The van der Waals surface area contributed by atoms with Crippen LogP contribution in [0.15, 0.2) is 30.3 Å². The van der Waals surface area contributed by atoms with Crippen molar-refractivity contribution < 1.29 is 17.9 Å². The van der Waals surface area contributed by atoms with Crippen molar-refractivity contribution >= 4 is 0 Å². The molecule has 1 N–H and O–H groups in total. The number of aryl methyl sites for hydroxylation is 1. The van der Waals surface area contributed by atoms with Crippen molar-refractivity contribution in [3.8, 4) is 5.75 Å². The summed E-state index contributed by atoms with van der Waals surface area (Å²) in [5.74, 6) is -3.16. The summed E-state index contributed by atoms with van der Waals surface area (Å²) in [4.78, 5) is 0. The number of ether oxygens (including phenoxy) is 1. The molecule has 0 amide bonds. The highest BCUT2D eigenvalue weighted by atomic mass is 19.2. The Kier molecular flexibility index (Phi) is 4.53. The fraction of sp³-hybridized carbons (Fsp3) is 0.250. The Morgan fingerprint density at radius 1 is 1.05 bits per heavy atom. The minimum atomic E-state index is -1.46. The number of methoxy groups -OCH3 is 1. The largest absolute Gasteiger partial charge is 0.497 e. The van der Waals surface area contributed by atoms with Crippen molar-refractivity contribution in [2.24, 2.45) is 0 Å². The molecule has 0 fully saturated rings. The summed E-state index contributed by atoms with van der Waals surface area (Å²) in [6, 6.07) is 6.97. The molecule has 0 aliphatic heterocycles. The maximum Gasteiger partial charge on any atom is 0.194 e. The second-order valence-corrected chi connectivity index (χ2v) is 4.74. The SMILES string of the molecule is CNC(c1cc(F)c(F)c(F)c1)c1ccc(OC)cc1C. The van der Waals surface area contributed by atoms with E-state index in [9.17, 15) is 13.2 Å². The quantitative estimate of drug-likeness (QED) is 0.868. The Morgan fingerprint density at radius 3 is 2.14 bits per heavy atom. The number of hydrogen-bond donors (Lipinski definition) is 1. The lowest BCUT2D eigenvalue weighted by molar-refractivity contribution is 0.414. The van der Waals surface area contributed by atoms with Crippen molar-refractivity contribution in [3.63, 3.8) is 0 Å². The van der Waals surface area contributed by atoms with Gasteiger partial charge in [0.25, 0.3) is 0 Å². The number of benzene rings is 2. The maximum atomic E-state index is 13.4. The first kappa shape index (κ1) is 15.4. The third-order valence-corrected chi connectivity index (χ3v) is 3.42. The van der Waals surface area contributed by atoms with Gasteiger partial charge in [0.15, 0.2) is 17.5 Å². The molecule has 0 heterocycles. The Balaban J connectivity index is 2.49. The van der Waals surface area contributed by atoms with E-state index in [0.29, 0.717) is 11.3 Å². The molecule has 2 aromatic carbocycles. The number of nitrogens with one attached hydrogen (secondary N) is 1. The average molecular weight is 295 g/mol. The zero-order valence-electron chi connectivity index (χ0n) is 12.0. The molecule has 1 unspecified atom stereocenters. The van der Waals surface area contributed by atoms with Crippen molar-refractivity contribution in [1.82, 2.24) is 5.32 Å². The van der Waals surface area contributed by atoms with Gasteiger partial charge in [-0.2, -0.15) is 0 Å². The summed E-state index contributed by atoms with van der Waals surface area (Å²) >= 11 is 0. The Bertz CT molecular complexity index is 635. The van der Waals surface area contributed by atoms with Crippen LogP contribution in [0.25, 0.3) is 0 Å². The molecule has 1 atom stereocenters. The third kappa shape index (κ3) is 3.03. The molecule has 112 valence electrons. The van der Waals surface area contributed by atoms with Crippen molar-refractivity contribution in [2.75, 3.05) is 14.2 Å². The molecule has 21 heavy (non-hydrogen) atoms. The fourth-order valence-corrected chi connectivity index (χ4v) is 2.34. The van der Waals surface area contributed by atoms with Gasteiger partial charge in [0.2, 0.25) is 0 Å². The topological polar surface area (TPSA) is 21.3 Å². The average Bonchev–Trinajstić information content (AvgIpc) is 2.46. The zero-order chi connectivity index (χ0) is 15.6. The van der Waals surface area contributed by atoms with E-state index in [-0.39, 0.29) is 0 Å². The summed E-state index contributed by atoms with van der Waals surface area (Å²) < 4.78 is 45.0. The van der Waals surface area contributed by atoms with Gasteiger partial charge < -0.3 is 10.1 Å². The van der Waals surface area contributed by atoms with Gasteiger partial charge in [-0.1, -0.05) is 6.07 Å². The first-order valence-corrected chi connectivity index (χ1v) is 6.44. The molecular formula is C16H16F3NO. The van der Waals surface area contributed by atoms with Gasteiger partial charge in [-0.25, -0.2) is 13.2 Å². The van der Waals surface area contributed by atoms with Crippen LogP contribution in [0.1, 0.15) is 22.7 Å². The highest BCUT2D eigenvalue weighted by molar-refractivity contribution is 5.41. The highest BCUT2D eigenvalue weighted by Crippen LogP contribution is 2.29.